The first kappa shape index (κ1) is 25.9. The van der Waals surface area contributed by atoms with Gasteiger partial charge in [-0.2, -0.15) is 10.5 Å². The number of nitriles is 2. The second-order valence-electron chi connectivity index (χ2n) is 7.27. The molecule has 0 aliphatic rings. The third-order valence-electron chi connectivity index (χ3n) is 4.79. The predicted octanol–water partition coefficient (Wildman–Crippen LogP) is 5.54. The fraction of sp³-hybridized carbons (Fsp3) is 0.905. The van der Waals surface area contributed by atoms with Gasteiger partial charge in [-0.05, 0) is 32.1 Å². The maximum absolute atomic E-state index is 12.7. The average Bonchev–Trinajstić information content (AvgIpc) is 2.64. The SMILES string of the molecule is CCCCCS(=O)(=O)N(CCCCCCCC#N)CCCCCCCC#N. The number of nitrogens with zero attached hydrogens (tertiary/aromatic N) is 3. The van der Waals surface area contributed by atoms with Crippen LogP contribution < -0.4 is 0 Å². The monoisotopic (exact) mass is 397 g/mol. The summed E-state index contributed by atoms with van der Waals surface area (Å²) in [4.78, 5) is 0. The smallest absolute Gasteiger partial charge is 0.212 e. The van der Waals surface area contributed by atoms with Gasteiger partial charge in [-0.1, -0.05) is 58.3 Å². The summed E-state index contributed by atoms with van der Waals surface area (Å²) in [7, 11) is -3.15. The average molecular weight is 398 g/mol. The molecule has 0 heterocycles. The fourth-order valence-electron chi connectivity index (χ4n) is 3.10. The van der Waals surface area contributed by atoms with E-state index in [0.717, 1.165) is 83.5 Å². The van der Waals surface area contributed by atoms with Crippen LogP contribution in [0.2, 0.25) is 0 Å². The van der Waals surface area contributed by atoms with Crippen molar-refractivity contribution in [3.05, 3.63) is 0 Å². The molecule has 156 valence electrons. The van der Waals surface area contributed by atoms with Crippen molar-refractivity contribution < 1.29 is 8.42 Å². The van der Waals surface area contributed by atoms with Gasteiger partial charge in [0, 0.05) is 25.9 Å². The molecule has 0 aliphatic carbocycles. The zero-order chi connectivity index (χ0) is 20.2. The molecule has 0 bridgehead atoms. The largest absolute Gasteiger partial charge is 0.214 e. The van der Waals surface area contributed by atoms with Crippen LogP contribution in [-0.2, 0) is 10.0 Å². The summed E-state index contributed by atoms with van der Waals surface area (Å²) in [5.41, 5.74) is 0. The Hall–Kier alpha value is -1.11. The minimum Gasteiger partial charge on any atom is -0.212 e. The number of hydrogen-bond acceptors (Lipinski definition) is 4. The van der Waals surface area contributed by atoms with Crippen molar-refractivity contribution in [2.75, 3.05) is 18.8 Å². The second-order valence-corrected chi connectivity index (χ2v) is 9.36. The third kappa shape index (κ3) is 15.6. The highest BCUT2D eigenvalue weighted by molar-refractivity contribution is 7.89. The maximum atomic E-state index is 12.7. The number of sulfonamides is 1. The summed E-state index contributed by atoms with van der Waals surface area (Å²) in [6.45, 7) is 3.34. The van der Waals surface area contributed by atoms with Crippen LogP contribution in [0.1, 0.15) is 103 Å². The molecule has 5 nitrogen and oxygen atoms in total. The van der Waals surface area contributed by atoms with Gasteiger partial charge in [0.25, 0.3) is 0 Å². The summed E-state index contributed by atoms with van der Waals surface area (Å²) in [5.74, 6) is 0.269. The lowest BCUT2D eigenvalue weighted by Crippen LogP contribution is -2.35. The maximum Gasteiger partial charge on any atom is 0.214 e. The molecule has 0 aromatic heterocycles. The van der Waals surface area contributed by atoms with E-state index in [1.807, 2.05) is 0 Å². The Balaban J connectivity index is 4.25. The van der Waals surface area contributed by atoms with E-state index in [-0.39, 0.29) is 5.75 Å². The van der Waals surface area contributed by atoms with Crippen LogP contribution in [0.3, 0.4) is 0 Å². The van der Waals surface area contributed by atoms with Gasteiger partial charge in [0.05, 0.1) is 17.9 Å². The van der Waals surface area contributed by atoms with Crippen LogP contribution in [0.15, 0.2) is 0 Å². The number of hydrogen-bond donors (Lipinski definition) is 0. The van der Waals surface area contributed by atoms with E-state index in [1.165, 1.54) is 0 Å². The van der Waals surface area contributed by atoms with Crippen molar-refractivity contribution >= 4 is 10.0 Å². The molecule has 0 aromatic carbocycles. The van der Waals surface area contributed by atoms with Crippen LogP contribution in [0, 0.1) is 22.7 Å². The van der Waals surface area contributed by atoms with Gasteiger partial charge in [0.1, 0.15) is 0 Å². The van der Waals surface area contributed by atoms with Crippen molar-refractivity contribution in [2.45, 2.75) is 103 Å². The Bertz CT molecular complexity index is 493. The lowest BCUT2D eigenvalue weighted by atomic mass is 10.1. The number of unbranched alkanes of at least 4 members (excludes halogenated alkanes) is 12. The quantitative estimate of drug-likeness (QED) is 0.268. The number of rotatable bonds is 19. The molecule has 0 amide bonds. The standard InChI is InChI=1S/C21H39N3O2S/c1-2-3-16-21-27(25,26)24(19-14-10-6-4-8-12-17-22)20-15-11-7-5-9-13-18-23/h2-16,19-21H2,1H3. The molecule has 0 N–H and O–H groups in total. The Labute approximate surface area is 167 Å². The van der Waals surface area contributed by atoms with E-state index >= 15 is 0 Å². The Morgan fingerprint density at radius 3 is 1.56 bits per heavy atom. The minimum absolute atomic E-state index is 0.269. The summed E-state index contributed by atoms with van der Waals surface area (Å²) in [6, 6.07) is 4.32. The summed E-state index contributed by atoms with van der Waals surface area (Å²) >= 11 is 0. The van der Waals surface area contributed by atoms with Crippen molar-refractivity contribution in [1.82, 2.24) is 4.31 Å². The fourth-order valence-corrected chi connectivity index (χ4v) is 4.74. The van der Waals surface area contributed by atoms with Crippen LogP contribution in [0.25, 0.3) is 0 Å². The van der Waals surface area contributed by atoms with E-state index < -0.39 is 10.0 Å². The molecule has 0 aromatic rings. The normalized spacial score (nSPS) is 11.4. The van der Waals surface area contributed by atoms with E-state index in [1.54, 1.807) is 4.31 Å². The molecule has 6 heteroatoms. The molecular formula is C21H39N3O2S. The van der Waals surface area contributed by atoms with Gasteiger partial charge >= 0.3 is 0 Å². The van der Waals surface area contributed by atoms with Gasteiger partial charge in [0.2, 0.25) is 10.0 Å². The lowest BCUT2D eigenvalue weighted by Gasteiger charge is -2.22. The lowest BCUT2D eigenvalue weighted by molar-refractivity contribution is 0.383. The van der Waals surface area contributed by atoms with Gasteiger partial charge in [-0.15, -0.1) is 0 Å². The first-order chi connectivity index (χ1) is 13.1. The van der Waals surface area contributed by atoms with Gasteiger partial charge in [-0.25, -0.2) is 12.7 Å². The molecule has 0 saturated heterocycles. The first-order valence-corrected chi connectivity index (χ1v) is 12.4. The van der Waals surface area contributed by atoms with E-state index in [9.17, 15) is 8.42 Å². The Morgan fingerprint density at radius 1 is 0.667 bits per heavy atom. The highest BCUT2D eigenvalue weighted by atomic mass is 32.2. The van der Waals surface area contributed by atoms with Crippen LogP contribution in [-0.4, -0.2) is 31.6 Å². The third-order valence-corrected chi connectivity index (χ3v) is 6.75. The molecule has 0 unspecified atom stereocenters. The van der Waals surface area contributed by atoms with E-state index in [0.29, 0.717) is 25.9 Å². The highest BCUT2D eigenvalue weighted by Crippen LogP contribution is 2.13. The molecular weight excluding hydrogens is 358 g/mol. The van der Waals surface area contributed by atoms with E-state index in [4.69, 9.17) is 10.5 Å². The topological polar surface area (TPSA) is 85.0 Å². The first-order valence-electron chi connectivity index (χ1n) is 10.8. The van der Waals surface area contributed by atoms with E-state index in [2.05, 4.69) is 19.1 Å². The Kier molecular flexibility index (Phi) is 17.5. The van der Waals surface area contributed by atoms with Crippen LogP contribution in [0.4, 0.5) is 0 Å². The van der Waals surface area contributed by atoms with Crippen LogP contribution >= 0.6 is 0 Å². The Morgan fingerprint density at radius 2 is 1.11 bits per heavy atom. The van der Waals surface area contributed by atoms with Crippen LogP contribution in [0.5, 0.6) is 0 Å². The highest BCUT2D eigenvalue weighted by Gasteiger charge is 2.20. The molecule has 0 atom stereocenters. The summed E-state index contributed by atoms with van der Waals surface area (Å²) < 4.78 is 27.1. The van der Waals surface area contributed by atoms with Gasteiger partial charge < -0.3 is 0 Å². The predicted molar refractivity (Wildman–Crippen MR) is 112 cm³/mol. The molecule has 0 saturated carbocycles. The van der Waals surface area contributed by atoms with Gasteiger partial charge in [0.15, 0.2) is 0 Å². The molecule has 0 radical (unpaired) electrons. The minimum atomic E-state index is -3.15. The summed E-state index contributed by atoms with van der Waals surface area (Å²) in [5, 5.41) is 17.1. The van der Waals surface area contributed by atoms with Crippen molar-refractivity contribution in [2.24, 2.45) is 0 Å². The second kappa shape index (κ2) is 18.3. The molecule has 0 aliphatic heterocycles. The summed E-state index contributed by atoms with van der Waals surface area (Å²) in [6.07, 6.45) is 14.0. The molecule has 0 rings (SSSR count). The molecule has 27 heavy (non-hydrogen) atoms. The molecule has 0 fully saturated rings. The van der Waals surface area contributed by atoms with Gasteiger partial charge in [-0.3, -0.25) is 0 Å². The van der Waals surface area contributed by atoms with Crippen molar-refractivity contribution in [1.29, 1.82) is 10.5 Å². The zero-order valence-corrected chi connectivity index (χ0v) is 18.1. The van der Waals surface area contributed by atoms with Crippen molar-refractivity contribution in [3.63, 3.8) is 0 Å². The molecule has 0 spiro atoms. The van der Waals surface area contributed by atoms with Crippen molar-refractivity contribution in [3.8, 4) is 12.1 Å². The zero-order valence-electron chi connectivity index (χ0n) is 17.3.